The van der Waals surface area contributed by atoms with E-state index in [1.165, 1.54) is 6.07 Å². The number of rotatable bonds is 7. The number of carboxylic acid groups (broad SMARTS) is 1. The van der Waals surface area contributed by atoms with E-state index in [1.54, 1.807) is 25.1 Å². The Bertz CT molecular complexity index is 579. The number of amides is 1. The maximum absolute atomic E-state index is 12.5. The number of carboxylic acids is 1. The summed E-state index contributed by atoms with van der Waals surface area (Å²) in [5.41, 5.74) is 0.454. The quantitative estimate of drug-likeness (QED) is 0.807. The van der Waals surface area contributed by atoms with Crippen LogP contribution in [0.3, 0.4) is 0 Å². The highest BCUT2D eigenvalue weighted by Gasteiger charge is 2.41. The molecule has 2 rings (SSSR count). The Kier molecular flexibility index (Phi) is 5.52. The first kappa shape index (κ1) is 17.2. The molecular weight excluding hydrogens is 308 g/mol. The van der Waals surface area contributed by atoms with Crippen LogP contribution in [0.1, 0.15) is 37.8 Å². The van der Waals surface area contributed by atoms with Gasteiger partial charge in [0.25, 0.3) is 0 Å². The van der Waals surface area contributed by atoms with Crippen molar-refractivity contribution in [2.75, 3.05) is 0 Å². The maximum atomic E-state index is 12.5. The molecule has 1 aromatic carbocycles. The van der Waals surface area contributed by atoms with E-state index in [2.05, 4.69) is 10.1 Å². The highest BCUT2D eigenvalue weighted by molar-refractivity contribution is 5.86. The van der Waals surface area contributed by atoms with Gasteiger partial charge in [0.1, 0.15) is 5.75 Å². The van der Waals surface area contributed by atoms with Gasteiger partial charge in [-0.3, -0.25) is 9.59 Å². The minimum absolute atomic E-state index is 0.0121. The average Bonchev–Trinajstić information content (AvgIpc) is 2.43. The summed E-state index contributed by atoms with van der Waals surface area (Å²) in [5.74, 6) is -2.56. The first-order chi connectivity index (χ1) is 10.9. The summed E-state index contributed by atoms with van der Waals surface area (Å²) in [6.45, 7) is -1.15. The lowest BCUT2D eigenvalue weighted by atomic mass is 9.73. The van der Waals surface area contributed by atoms with E-state index in [9.17, 15) is 18.4 Å². The van der Waals surface area contributed by atoms with Crippen LogP contribution in [0.15, 0.2) is 24.3 Å². The lowest BCUT2D eigenvalue weighted by Crippen LogP contribution is -2.45. The van der Waals surface area contributed by atoms with Crippen molar-refractivity contribution in [1.82, 2.24) is 5.32 Å². The molecule has 0 aromatic heterocycles. The number of hydrogen-bond acceptors (Lipinski definition) is 3. The van der Waals surface area contributed by atoms with Gasteiger partial charge in [-0.2, -0.15) is 8.78 Å². The summed E-state index contributed by atoms with van der Waals surface area (Å²) in [4.78, 5) is 23.3. The van der Waals surface area contributed by atoms with Gasteiger partial charge in [0.05, 0.1) is 17.9 Å². The fourth-order valence-corrected chi connectivity index (χ4v) is 2.76. The molecular formula is C16H19F2NO4. The number of carbonyl (C=O) groups excluding carboxylic acids is 1. The number of hydrogen-bond donors (Lipinski definition) is 2. The highest BCUT2D eigenvalue weighted by atomic mass is 19.3. The summed E-state index contributed by atoms with van der Waals surface area (Å²) >= 11 is 0. The van der Waals surface area contributed by atoms with Crippen molar-refractivity contribution in [3.8, 4) is 5.75 Å². The Labute approximate surface area is 132 Å². The maximum Gasteiger partial charge on any atom is 0.387 e. The molecule has 0 saturated heterocycles. The summed E-state index contributed by atoms with van der Waals surface area (Å²) in [5, 5.41) is 11.8. The number of carbonyl (C=O) groups is 2. The van der Waals surface area contributed by atoms with Crippen LogP contribution in [0, 0.1) is 11.8 Å². The van der Waals surface area contributed by atoms with Crippen LogP contribution >= 0.6 is 0 Å². The van der Waals surface area contributed by atoms with Gasteiger partial charge in [0.15, 0.2) is 0 Å². The first-order valence-corrected chi connectivity index (χ1v) is 7.51. The Morgan fingerprint density at radius 2 is 1.96 bits per heavy atom. The zero-order valence-electron chi connectivity index (χ0n) is 12.7. The monoisotopic (exact) mass is 327 g/mol. The van der Waals surface area contributed by atoms with Gasteiger partial charge in [-0.05, 0) is 25.3 Å². The number of halogens is 2. The molecule has 2 N–H and O–H groups in total. The SMILES string of the molecule is CCC(NC(=O)C1CCC1C(=O)O)c1ccccc1OC(F)F. The number of para-hydroxylation sites is 1. The molecule has 1 amide bonds. The molecule has 3 atom stereocenters. The van der Waals surface area contributed by atoms with Crippen molar-refractivity contribution >= 4 is 11.9 Å². The van der Waals surface area contributed by atoms with Gasteiger partial charge in [-0.1, -0.05) is 25.1 Å². The fourth-order valence-electron chi connectivity index (χ4n) is 2.76. The number of ether oxygens (including phenoxy) is 1. The van der Waals surface area contributed by atoms with Gasteiger partial charge < -0.3 is 15.2 Å². The number of nitrogens with one attached hydrogen (secondary N) is 1. The second kappa shape index (κ2) is 7.39. The van der Waals surface area contributed by atoms with Gasteiger partial charge in [0.2, 0.25) is 5.91 Å². The van der Waals surface area contributed by atoms with Crippen molar-refractivity contribution in [1.29, 1.82) is 0 Å². The van der Waals surface area contributed by atoms with Crippen LogP contribution in [-0.4, -0.2) is 23.6 Å². The van der Waals surface area contributed by atoms with E-state index in [0.29, 0.717) is 24.8 Å². The average molecular weight is 327 g/mol. The minimum Gasteiger partial charge on any atom is -0.481 e. The normalized spacial score (nSPS) is 21.4. The Morgan fingerprint density at radius 3 is 2.48 bits per heavy atom. The van der Waals surface area contributed by atoms with Crippen molar-refractivity contribution in [3.05, 3.63) is 29.8 Å². The molecule has 0 heterocycles. The van der Waals surface area contributed by atoms with E-state index in [-0.39, 0.29) is 11.7 Å². The Hall–Kier alpha value is -2.18. The molecule has 3 unspecified atom stereocenters. The van der Waals surface area contributed by atoms with Crippen molar-refractivity contribution in [2.24, 2.45) is 11.8 Å². The predicted octanol–water partition coefficient (Wildman–Crippen LogP) is 2.97. The topological polar surface area (TPSA) is 75.6 Å². The third-order valence-corrected chi connectivity index (χ3v) is 4.16. The molecule has 1 aliphatic carbocycles. The van der Waals surface area contributed by atoms with Gasteiger partial charge in [-0.15, -0.1) is 0 Å². The van der Waals surface area contributed by atoms with Crippen LogP contribution < -0.4 is 10.1 Å². The summed E-state index contributed by atoms with van der Waals surface area (Å²) in [7, 11) is 0. The molecule has 7 heteroatoms. The molecule has 1 saturated carbocycles. The van der Waals surface area contributed by atoms with Crippen molar-refractivity contribution in [3.63, 3.8) is 0 Å². The zero-order valence-corrected chi connectivity index (χ0v) is 12.7. The van der Waals surface area contributed by atoms with E-state index >= 15 is 0 Å². The largest absolute Gasteiger partial charge is 0.481 e. The molecule has 0 radical (unpaired) electrons. The molecule has 0 bridgehead atoms. The first-order valence-electron chi connectivity index (χ1n) is 7.51. The Morgan fingerprint density at radius 1 is 1.30 bits per heavy atom. The van der Waals surface area contributed by atoms with Crippen molar-refractivity contribution < 1.29 is 28.2 Å². The lowest BCUT2D eigenvalue weighted by Gasteiger charge is -2.33. The van der Waals surface area contributed by atoms with E-state index in [1.807, 2.05) is 0 Å². The highest BCUT2D eigenvalue weighted by Crippen LogP contribution is 2.36. The second-order valence-corrected chi connectivity index (χ2v) is 5.51. The minimum atomic E-state index is -2.95. The molecule has 0 spiro atoms. The van der Waals surface area contributed by atoms with Crippen molar-refractivity contribution in [2.45, 2.75) is 38.8 Å². The third kappa shape index (κ3) is 3.97. The van der Waals surface area contributed by atoms with Crippen LogP contribution in [0.5, 0.6) is 5.75 Å². The van der Waals surface area contributed by atoms with E-state index < -0.39 is 30.5 Å². The van der Waals surface area contributed by atoms with E-state index in [4.69, 9.17) is 5.11 Å². The third-order valence-electron chi connectivity index (χ3n) is 4.16. The molecule has 1 aromatic rings. The van der Waals surface area contributed by atoms with Crippen LogP contribution in [0.2, 0.25) is 0 Å². The molecule has 23 heavy (non-hydrogen) atoms. The zero-order chi connectivity index (χ0) is 17.0. The van der Waals surface area contributed by atoms with Crippen LogP contribution in [0.4, 0.5) is 8.78 Å². The van der Waals surface area contributed by atoms with E-state index in [0.717, 1.165) is 0 Å². The molecule has 1 fully saturated rings. The van der Waals surface area contributed by atoms with Crippen LogP contribution in [-0.2, 0) is 9.59 Å². The van der Waals surface area contributed by atoms with Crippen LogP contribution in [0.25, 0.3) is 0 Å². The standard InChI is InChI=1S/C16H19F2NO4/c1-2-12(11-5-3-4-6-13(11)23-16(17)18)19-14(20)9-7-8-10(9)15(21)22/h3-6,9-10,12,16H,2,7-8H2,1H3,(H,19,20)(H,21,22). The summed E-state index contributed by atoms with van der Waals surface area (Å²) in [6.07, 6.45) is 1.48. The summed E-state index contributed by atoms with van der Waals surface area (Å²) < 4.78 is 29.5. The lowest BCUT2D eigenvalue weighted by molar-refractivity contribution is -0.153. The van der Waals surface area contributed by atoms with Gasteiger partial charge in [-0.25, -0.2) is 0 Å². The Balaban J connectivity index is 2.11. The number of aliphatic carboxylic acids is 1. The number of benzene rings is 1. The molecule has 1 aliphatic rings. The molecule has 5 nitrogen and oxygen atoms in total. The summed E-state index contributed by atoms with van der Waals surface area (Å²) in [6, 6.07) is 5.77. The number of alkyl halides is 2. The second-order valence-electron chi connectivity index (χ2n) is 5.51. The smallest absolute Gasteiger partial charge is 0.387 e. The van der Waals surface area contributed by atoms with Gasteiger partial charge in [0, 0.05) is 5.56 Å². The van der Waals surface area contributed by atoms with Gasteiger partial charge >= 0.3 is 12.6 Å². The molecule has 0 aliphatic heterocycles. The fraction of sp³-hybridized carbons (Fsp3) is 0.500. The molecule has 126 valence electrons. The predicted molar refractivity (Wildman–Crippen MR) is 78.1 cm³/mol.